The van der Waals surface area contributed by atoms with Crippen molar-refractivity contribution in [2.45, 2.75) is 46.3 Å². The van der Waals surface area contributed by atoms with Crippen LogP contribution in [0.1, 0.15) is 37.0 Å². The topological polar surface area (TPSA) is 35.2 Å². The molecule has 0 spiro atoms. The SMILES string of the molecule is CCC(C)(N)COCc1cc(C)cc(C)c1. The van der Waals surface area contributed by atoms with E-state index in [0.717, 1.165) is 6.42 Å². The number of hydrogen-bond donors (Lipinski definition) is 1. The third-order valence-electron chi connectivity index (χ3n) is 2.79. The van der Waals surface area contributed by atoms with Gasteiger partial charge in [0, 0.05) is 5.54 Å². The van der Waals surface area contributed by atoms with Gasteiger partial charge in [-0.05, 0) is 32.8 Å². The van der Waals surface area contributed by atoms with Crippen molar-refractivity contribution >= 4 is 0 Å². The first kappa shape index (κ1) is 13.2. The number of ether oxygens (including phenoxy) is 1. The van der Waals surface area contributed by atoms with Gasteiger partial charge >= 0.3 is 0 Å². The highest BCUT2D eigenvalue weighted by Crippen LogP contribution is 2.11. The highest BCUT2D eigenvalue weighted by atomic mass is 16.5. The Morgan fingerprint density at radius 2 is 1.75 bits per heavy atom. The van der Waals surface area contributed by atoms with Gasteiger partial charge in [-0.15, -0.1) is 0 Å². The van der Waals surface area contributed by atoms with Crippen molar-refractivity contribution in [1.82, 2.24) is 0 Å². The number of rotatable bonds is 5. The molecule has 16 heavy (non-hydrogen) atoms. The van der Waals surface area contributed by atoms with E-state index < -0.39 is 0 Å². The van der Waals surface area contributed by atoms with Gasteiger partial charge in [-0.1, -0.05) is 36.2 Å². The van der Waals surface area contributed by atoms with Gasteiger partial charge < -0.3 is 10.5 Å². The van der Waals surface area contributed by atoms with Crippen LogP contribution in [-0.4, -0.2) is 12.1 Å². The van der Waals surface area contributed by atoms with E-state index >= 15 is 0 Å². The summed E-state index contributed by atoms with van der Waals surface area (Å²) < 4.78 is 5.66. The van der Waals surface area contributed by atoms with Crippen molar-refractivity contribution in [1.29, 1.82) is 0 Å². The molecule has 2 nitrogen and oxygen atoms in total. The summed E-state index contributed by atoms with van der Waals surface area (Å²) in [5, 5.41) is 0. The van der Waals surface area contributed by atoms with E-state index in [2.05, 4.69) is 39.0 Å². The maximum atomic E-state index is 6.01. The van der Waals surface area contributed by atoms with Crippen LogP contribution in [0.4, 0.5) is 0 Å². The summed E-state index contributed by atoms with van der Waals surface area (Å²) in [4.78, 5) is 0. The van der Waals surface area contributed by atoms with E-state index in [-0.39, 0.29) is 5.54 Å². The molecule has 0 saturated heterocycles. The van der Waals surface area contributed by atoms with Gasteiger partial charge in [0.2, 0.25) is 0 Å². The zero-order valence-corrected chi connectivity index (χ0v) is 10.8. The molecule has 0 aliphatic carbocycles. The van der Waals surface area contributed by atoms with Crippen molar-refractivity contribution in [3.05, 3.63) is 34.9 Å². The molecular formula is C14H23NO. The van der Waals surface area contributed by atoms with Gasteiger partial charge in [-0.2, -0.15) is 0 Å². The highest BCUT2D eigenvalue weighted by Gasteiger charge is 2.15. The fourth-order valence-electron chi connectivity index (χ4n) is 1.66. The van der Waals surface area contributed by atoms with Gasteiger partial charge in [0.15, 0.2) is 0 Å². The molecule has 1 aromatic rings. The second-order valence-corrected chi connectivity index (χ2v) is 5.00. The first-order valence-corrected chi connectivity index (χ1v) is 5.87. The van der Waals surface area contributed by atoms with Crippen LogP contribution in [0.2, 0.25) is 0 Å². The molecule has 2 heteroatoms. The quantitative estimate of drug-likeness (QED) is 0.829. The molecule has 1 rings (SSSR count). The average Bonchev–Trinajstić information content (AvgIpc) is 2.16. The monoisotopic (exact) mass is 221 g/mol. The molecular weight excluding hydrogens is 198 g/mol. The van der Waals surface area contributed by atoms with Crippen LogP contribution in [-0.2, 0) is 11.3 Å². The van der Waals surface area contributed by atoms with Gasteiger partial charge in [0.05, 0.1) is 13.2 Å². The Balaban J connectivity index is 2.49. The predicted octanol–water partition coefficient (Wildman–Crippen LogP) is 2.95. The lowest BCUT2D eigenvalue weighted by atomic mass is 10.0. The van der Waals surface area contributed by atoms with Crippen LogP contribution < -0.4 is 5.73 Å². The minimum absolute atomic E-state index is 0.209. The Kier molecular flexibility index (Phi) is 4.51. The molecule has 1 atom stereocenters. The fraction of sp³-hybridized carbons (Fsp3) is 0.571. The number of aryl methyl sites for hydroxylation is 2. The molecule has 0 heterocycles. The van der Waals surface area contributed by atoms with Gasteiger partial charge in [0.25, 0.3) is 0 Å². The fourth-order valence-corrected chi connectivity index (χ4v) is 1.66. The van der Waals surface area contributed by atoms with E-state index in [1.54, 1.807) is 0 Å². The molecule has 0 amide bonds. The molecule has 0 radical (unpaired) electrons. The highest BCUT2D eigenvalue weighted by molar-refractivity contribution is 5.27. The largest absolute Gasteiger partial charge is 0.375 e. The molecule has 0 fully saturated rings. The van der Waals surface area contributed by atoms with Gasteiger partial charge in [0.1, 0.15) is 0 Å². The predicted molar refractivity (Wildman–Crippen MR) is 68.5 cm³/mol. The molecule has 1 unspecified atom stereocenters. The van der Waals surface area contributed by atoms with Crippen LogP contribution in [0.25, 0.3) is 0 Å². The summed E-state index contributed by atoms with van der Waals surface area (Å²) >= 11 is 0. The van der Waals surface area contributed by atoms with Crippen LogP contribution in [0.15, 0.2) is 18.2 Å². The Morgan fingerprint density at radius 3 is 2.25 bits per heavy atom. The molecule has 0 saturated carbocycles. The average molecular weight is 221 g/mol. The zero-order chi connectivity index (χ0) is 12.2. The Labute approximate surface area is 98.8 Å². The summed E-state index contributed by atoms with van der Waals surface area (Å²) in [7, 11) is 0. The van der Waals surface area contributed by atoms with E-state index in [1.165, 1.54) is 16.7 Å². The van der Waals surface area contributed by atoms with E-state index in [1.807, 2.05) is 6.92 Å². The number of hydrogen-bond acceptors (Lipinski definition) is 2. The van der Waals surface area contributed by atoms with Crippen molar-refractivity contribution in [3.8, 4) is 0 Å². The smallest absolute Gasteiger partial charge is 0.0718 e. The molecule has 0 aromatic heterocycles. The van der Waals surface area contributed by atoms with Crippen molar-refractivity contribution < 1.29 is 4.74 Å². The summed E-state index contributed by atoms with van der Waals surface area (Å²) in [5.41, 5.74) is 9.60. The van der Waals surface area contributed by atoms with Crippen LogP contribution in [0.3, 0.4) is 0 Å². The van der Waals surface area contributed by atoms with Crippen molar-refractivity contribution in [3.63, 3.8) is 0 Å². The summed E-state index contributed by atoms with van der Waals surface area (Å²) in [6.45, 7) is 9.58. The van der Waals surface area contributed by atoms with E-state index in [4.69, 9.17) is 10.5 Å². The minimum Gasteiger partial charge on any atom is -0.375 e. The Bertz CT molecular complexity index is 324. The zero-order valence-electron chi connectivity index (χ0n) is 10.8. The third-order valence-corrected chi connectivity index (χ3v) is 2.79. The molecule has 2 N–H and O–H groups in total. The van der Waals surface area contributed by atoms with Crippen LogP contribution in [0, 0.1) is 13.8 Å². The second kappa shape index (κ2) is 5.46. The summed E-state index contributed by atoms with van der Waals surface area (Å²) in [6.07, 6.45) is 0.930. The van der Waals surface area contributed by atoms with Crippen LogP contribution in [0.5, 0.6) is 0 Å². The maximum absolute atomic E-state index is 6.01. The van der Waals surface area contributed by atoms with Gasteiger partial charge in [-0.25, -0.2) is 0 Å². The lowest BCUT2D eigenvalue weighted by molar-refractivity contribution is 0.0777. The summed E-state index contributed by atoms with van der Waals surface area (Å²) in [6, 6.07) is 6.49. The van der Waals surface area contributed by atoms with E-state index in [9.17, 15) is 0 Å². The standard InChI is InChI=1S/C14H23NO/c1-5-14(4,15)10-16-9-13-7-11(2)6-12(3)8-13/h6-8H,5,9-10,15H2,1-4H3. The Morgan fingerprint density at radius 1 is 1.19 bits per heavy atom. The molecule has 90 valence electrons. The maximum Gasteiger partial charge on any atom is 0.0718 e. The summed E-state index contributed by atoms with van der Waals surface area (Å²) in [5.74, 6) is 0. The number of benzene rings is 1. The molecule has 0 aliphatic rings. The second-order valence-electron chi connectivity index (χ2n) is 5.00. The normalized spacial score (nSPS) is 14.8. The van der Waals surface area contributed by atoms with Crippen molar-refractivity contribution in [2.24, 2.45) is 5.73 Å². The van der Waals surface area contributed by atoms with Crippen molar-refractivity contribution in [2.75, 3.05) is 6.61 Å². The third kappa shape index (κ3) is 4.33. The first-order chi connectivity index (χ1) is 7.43. The molecule has 0 bridgehead atoms. The number of nitrogens with two attached hydrogens (primary N) is 1. The lowest BCUT2D eigenvalue weighted by Gasteiger charge is -2.22. The first-order valence-electron chi connectivity index (χ1n) is 5.87. The van der Waals surface area contributed by atoms with Crippen LogP contribution >= 0.6 is 0 Å². The molecule has 1 aromatic carbocycles. The lowest BCUT2D eigenvalue weighted by Crippen LogP contribution is -2.40. The van der Waals surface area contributed by atoms with Gasteiger partial charge in [-0.3, -0.25) is 0 Å². The van der Waals surface area contributed by atoms with E-state index in [0.29, 0.717) is 13.2 Å². The Hall–Kier alpha value is -0.860. The molecule has 0 aliphatic heterocycles. The minimum atomic E-state index is -0.209.